The predicted molar refractivity (Wildman–Crippen MR) is 34.8 cm³/mol. The summed E-state index contributed by atoms with van der Waals surface area (Å²) in [5, 5.41) is 1.69. The first kappa shape index (κ1) is 7.05. The Hall–Kier alpha value is 0.0500. The van der Waals surface area contributed by atoms with E-state index in [9.17, 15) is 0 Å². The number of rotatable bonds is 4. The Morgan fingerprint density at radius 1 is 1.71 bits per heavy atom. The number of ether oxygens (including phenoxy) is 1. The van der Waals surface area contributed by atoms with Crippen LogP contribution in [0.5, 0.6) is 0 Å². The molecule has 0 spiro atoms. The third-order valence-corrected chi connectivity index (χ3v) is 0.820. The average molecular weight is 118 g/mol. The highest BCUT2D eigenvalue weighted by Gasteiger charge is 1.76. The third kappa shape index (κ3) is 6.05. The van der Waals surface area contributed by atoms with Gasteiger partial charge in [0.05, 0.1) is 6.61 Å². The monoisotopic (exact) mass is 118 g/mol. The van der Waals surface area contributed by atoms with Crippen LogP contribution in [0.1, 0.15) is 13.3 Å². The Bertz CT molecular complexity index is 45.3. The molecule has 0 saturated carbocycles. The van der Waals surface area contributed by atoms with Crippen LogP contribution in [0.15, 0.2) is 0 Å². The van der Waals surface area contributed by atoms with Crippen LogP contribution in [0.4, 0.5) is 0 Å². The van der Waals surface area contributed by atoms with Gasteiger partial charge < -0.3 is 4.74 Å². The Balaban J connectivity index is 2.56. The Morgan fingerprint density at radius 2 is 2.43 bits per heavy atom. The molecule has 0 amide bonds. The second-order valence-corrected chi connectivity index (χ2v) is 1.49. The van der Waals surface area contributed by atoms with Crippen molar-refractivity contribution >= 4 is 17.6 Å². The lowest BCUT2D eigenvalue weighted by molar-refractivity contribution is 0.156. The van der Waals surface area contributed by atoms with Gasteiger partial charge in [-0.1, -0.05) is 12.2 Å². The second kappa shape index (κ2) is 6.05. The number of hydrogen-bond donors (Lipinski definition) is 0. The zero-order chi connectivity index (χ0) is 5.54. The zero-order valence-electron chi connectivity index (χ0n) is 4.52. The fourth-order valence-corrected chi connectivity index (χ4v) is 0.372. The van der Waals surface area contributed by atoms with E-state index in [0.29, 0.717) is 0 Å². The Kier molecular flexibility index (Phi) is 6.09. The molecular weight excluding hydrogens is 108 g/mol. The zero-order valence-corrected chi connectivity index (χ0v) is 5.33. The summed E-state index contributed by atoms with van der Waals surface area (Å²) in [6, 6.07) is 0. The molecule has 0 rings (SSSR count). The van der Waals surface area contributed by atoms with Gasteiger partial charge in [0.2, 0.25) is 0 Å². The van der Waals surface area contributed by atoms with Crippen LogP contribution >= 0.6 is 12.2 Å². The van der Waals surface area contributed by atoms with Gasteiger partial charge in [0.15, 0.2) is 0 Å². The van der Waals surface area contributed by atoms with Crippen molar-refractivity contribution in [2.75, 3.05) is 13.2 Å². The van der Waals surface area contributed by atoms with Crippen LogP contribution in [0.3, 0.4) is 0 Å². The highest BCUT2D eigenvalue weighted by molar-refractivity contribution is 7.78. The molecule has 0 heterocycles. The maximum atomic E-state index is 4.98. The van der Waals surface area contributed by atoms with Gasteiger partial charge in [-0.15, -0.1) is 0 Å². The summed E-state index contributed by atoms with van der Waals surface area (Å²) in [5.74, 6) is 0. The summed E-state index contributed by atoms with van der Waals surface area (Å²) in [6.45, 7) is 3.55. The van der Waals surface area contributed by atoms with E-state index in [-0.39, 0.29) is 0 Å². The minimum Gasteiger partial charge on any atom is -0.381 e. The van der Waals surface area contributed by atoms with Gasteiger partial charge >= 0.3 is 0 Å². The summed E-state index contributed by atoms with van der Waals surface area (Å²) in [6.07, 6.45) is 0.892. The molecule has 0 aliphatic carbocycles. The fourth-order valence-electron chi connectivity index (χ4n) is 0.276. The van der Waals surface area contributed by atoms with Gasteiger partial charge in [0, 0.05) is 6.61 Å². The minimum absolute atomic E-state index is 0.778. The molecule has 0 radical (unpaired) electrons. The number of hydrogen-bond acceptors (Lipinski definition) is 2. The molecule has 0 atom stereocenters. The molecule has 0 fully saturated rings. The van der Waals surface area contributed by atoms with Crippen molar-refractivity contribution in [2.24, 2.45) is 0 Å². The molecule has 7 heavy (non-hydrogen) atoms. The number of thiocarbonyl (C=S) groups is 1. The maximum Gasteiger partial charge on any atom is 0.0508 e. The molecule has 0 unspecified atom stereocenters. The molecule has 0 aromatic heterocycles. The van der Waals surface area contributed by atoms with E-state index in [0.717, 1.165) is 19.6 Å². The van der Waals surface area contributed by atoms with Crippen molar-refractivity contribution in [3.8, 4) is 0 Å². The minimum atomic E-state index is 0.778. The molecule has 0 aliphatic rings. The van der Waals surface area contributed by atoms with Crippen LogP contribution in [0.25, 0.3) is 0 Å². The fraction of sp³-hybridized carbons (Fsp3) is 0.800. The lowest BCUT2D eigenvalue weighted by Gasteiger charge is -1.92. The topological polar surface area (TPSA) is 9.23 Å². The molecule has 0 bridgehead atoms. The van der Waals surface area contributed by atoms with Crippen LogP contribution in [-0.4, -0.2) is 18.6 Å². The van der Waals surface area contributed by atoms with E-state index >= 15 is 0 Å². The summed E-state index contributed by atoms with van der Waals surface area (Å²) in [4.78, 5) is 0. The molecule has 1 nitrogen and oxygen atoms in total. The van der Waals surface area contributed by atoms with Gasteiger partial charge in [0.1, 0.15) is 0 Å². The van der Waals surface area contributed by atoms with E-state index in [4.69, 9.17) is 4.74 Å². The van der Waals surface area contributed by atoms with E-state index in [1.165, 1.54) is 0 Å². The third-order valence-electron chi connectivity index (χ3n) is 0.584. The quantitative estimate of drug-likeness (QED) is 0.408. The molecule has 0 aromatic rings. The first-order valence-electron chi connectivity index (χ1n) is 2.43. The summed E-state index contributed by atoms with van der Waals surface area (Å²) >= 11 is 4.56. The van der Waals surface area contributed by atoms with E-state index < -0.39 is 0 Å². The normalized spacial score (nSPS) is 8.71. The first-order valence-corrected chi connectivity index (χ1v) is 2.90. The van der Waals surface area contributed by atoms with Crippen molar-refractivity contribution in [3.05, 3.63) is 0 Å². The van der Waals surface area contributed by atoms with Crippen LogP contribution in [-0.2, 0) is 4.74 Å². The van der Waals surface area contributed by atoms with Crippen molar-refractivity contribution in [2.45, 2.75) is 13.3 Å². The lowest BCUT2D eigenvalue weighted by atomic mass is 10.5. The van der Waals surface area contributed by atoms with Crippen LogP contribution < -0.4 is 0 Å². The maximum absolute atomic E-state index is 4.98. The largest absolute Gasteiger partial charge is 0.381 e. The standard InChI is InChI=1S/C5H10OS/c1-2-6-4-3-5-7/h5H,2-4H2,1H3. The molecule has 0 saturated heterocycles. The van der Waals surface area contributed by atoms with Gasteiger partial charge in [-0.3, -0.25) is 0 Å². The Labute approximate surface area is 49.7 Å². The van der Waals surface area contributed by atoms with Crippen molar-refractivity contribution in [1.82, 2.24) is 0 Å². The lowest BCUT2D eigenvalue weighted by Crippen LogP contribution is -1.91. The molecular formula is C5H10OS. The van der Waals surface area contributed by atoms with Gasteiger partial charge in [0.25, 0.3) is 0 Å². The smallest absolute Gasteiger partial charge is 0.0508 e. The van der Waals surface area contributed by atoms with Gasteiger partial charge in [-0.2, -0.15) is 0 Å². The Morgan fingerprint density at radius 3 is 2.86 bits per heavy atom. The molecule has 0 aromatic carbocycles. The molecule has 0 N–H and O–H groups in total. The van der Waals surface area contributed by atoms with Crippen LogP contribution in [0.2, 0.25) is 0 Å². The summed E-state index contributed by atoms with van der Waals surface area (Å²) < 4.78 is 4.98. The second-order valence-electron chi connectivity index (χ2n) is 1.15. The van der Waals surface area contributed by atoms with Crippen molar-refractivity contribution < 1.29 is 4.74 Å². The van der Waals surface area contributed by atoms with Crippen molar-refractivity contribution in [3.63, 3.8) is 0 Å². The van der Waals surface area contributed by atoms with E-state index in [2.05, 4.69) is 12.2 Å². The van der Waals surface area contributed by atoms with Crippen molar-refractivity contribution in [1.29, 1.82) is 0 Å². The summed E-state index contributed by atoms with van der Waals surface area (Å²) in [5.41, 5.74) is 0. The highest BCUT2D eigenvalue weighted by Crippen LogP contribution is 1.76. The molecule has 42 valence electrons. The van der Waals surface area contributed by atoms with Crippen LogP contribution in [0, 0.1) is 0 Å². The first-order chi connectivity index (χ1) is 3.41. The van der Waals surface area contributed by atoms with Gasteiger partial charge in [-0.25, -0.2) is 0 Å². The predicted octanol–water partition coefficient (Wildman–Crippen LogP) is 1.41. The molecule has 2 heteroatoms. The SMILES string of the molecule is CCOCCC=S. The van der Waals surface area contributed by atoms with Gasteiger partial charge in [-0.05, 0) is 18.7 Å². The highest BCUT2D eigenvalue weighted by atomic mass is 32.1. The average Bonchev–Trinajstić information content (AvgIpc) is 1.69. The molecule has 0 aliphatic heterocycles. The van der Waals surface area contributed by atoms with E-state index in [1.807, 2.05) is 6.92 Å². The van der Waals surface area contributed by atoms with E-state index in [1.54, 1.807) is 5.37 Å². The summed E-state index contributed by atoms with van der Waals surface area (Å²) in [7, 11) is 0.